The third-order valence-corrected chi connectivity index (χ3v) is 4.54. The third kappa shape index (κ3) is 3.67. The number of hydrogen-bond donors (Lipinski definition) is 0. The monoisotopic (exact) mass is 299 g/mol. The van der Waals surface area contributed by atoms with Crippen LogP contribution in [-0.4, -0.2) is 24.1 Å². The normalized spacial score (nSPS) is 12.0. The van der Waals surface area contributed by atoms with Gasteiger partial charge in [-0.1, -0.05) is 29.8 Å². The lowest BCUT2D eigenvalue weighted by Crippen LogP contribution is -2.29. The molecule has 3 heteroatoms. The quantitative estimate of drug-likeness (QED) is 0.772. The zero-order chi connectivity index (χ0) is 15.4. The van der Waals surface area contributed by atoms with Gasteiger partial charge in [-0.2, -0.15) is 0 Å². The summed E-state index contributed by atoms with van der Waals surface area (Å²) in [5, 5.41) is 0. The molecule has 0 bridgehead atoms. The van der Waals surface area contributed by atoms with Crippen molar-refractivity contribution in [1.82, 2.24) is 4.90 Å². The molecule has 0 aliphatic rings. The Labute approximate surface area is 131 Å². The van der Waals surface area contributed by atoms with E-state index in [0.717, 1.165) is 11.1 Å². The summed E-state index contributed by atoms with van der Waals surface area (Å²) in [7, 11) is 1.86. The summed E-state index contributed by atoms with van der Waals surface area (Å²) in [6.45, 7) is 4.12. The maximum Gasteiger partial charge on any atom is 0.254 e. The van der Waals surface area contributed by atoms with Gasteiger partial charge in [0.15, 0.2) is 0 Å². The number of carbonyl (C=O) groups is 1. The Bertz CT molecular complexity index is 604. The Morgan fingerprint density at radius 3 is 2.14 bits per heavy atom. The number of rotatable bonds is 4. The van der Waals surface area contributed by atoms with Crippen LogP contribution in [0.4, 0.5) is 0 Å². The minimum absolute atomic E-state index is 0.0516. The topological polar surface area (TPSA) is 20.3 Å². The molecule has 2 aromatic rings. The molecule has 1 amide bonds. The maximum absolute atomic E-state index is 12.5. The lowest BCUT2D eigenvalue weighted by Gasteiger charge is -2.25. The van der Waals surface area contributed by atoms with Gasteiger partial charge >= 0.3 is 0 Å². The fraction of sp³-hybridized carbons (Fsp3) is 0.278. The molecule has 0 heterocycles. The molecule has 21 heavy (non-hydrogen) atoms. The van der Waals surface area contributed by atoms with Crippen LogP contribution in [0.1, 0.15) is 34.5 Å². The molecule has 110 valence electrons. The van der Waals surface area contributed by atoms with E-state index in [9.17, 15) is 4.79 Å². The molecule has 0 radical (unpaired) electrons. The summed E-state index contributed by atoms with van der Waals surface area (Å²) in [5.41, 5.74) is 3.11. The number of aryl methyl sites for hydroxylation is 1. The molecular weight excluding hydrogens is 278 g/mol. The maximum atomic E-state index is 12.5. The number of hydrogen-bond acceptors (Lipinski definition) is 2. The van der Waals surface area contributed by atoms with Crippen molar-refractivity contribution < 1.29 is 4.79 Å². The van der Waals surface area contributed by atoms with E-state index in [4.69, 9.17) is 0 Å². The van der Waals surface area contributed by atoms with Gasteiger partial charge in [-0.3, -0.25) is 4.79 Å². The van der Waals surface area contributed by atoms with Crippen molar-refractivity contribution in [3.8, 4) is 0 Å². The Morgan fingerprint density at radius 2 is 1.62 bits per heavy atom. The Hall–Kier alpha value is -1.74. The SMILES string of the molecule is CSc1ccc(C(=O)N(C)C(C)c2ccc(C)cc2)cc1. The molecular formula is C18H21NOS. The van der Waals surface area contributed by atoms with Crippen molar-refractivity contribution >= 4 is 17.7 Å². The molecule has 0 aromatic heterocycles. The van der Waals surface area contributed by atoms with Crippen LogP contribution in [0.3, 0.4) is 0 Å². The predicted molar refractivity (Wildman–Crippen MR) is 89.9 cm³/mol. The molecule has 2 aromatic carbocycles. The van der Waals surface area contributed by atoms with Gasteiger partial charge in [0.2, 0.25) is 0 Å². The van der Waals surface area contributed by atoms with Crippen LogP contribution < -0.4 is 0 Å². The Morgan fingerprint density at radius 1 is 1.05 bits per heavy atom. The van der Waals surface area contributed by atoms with Crippen molar-refractivity contribution in [1.29, 1.82) is 0 Å². The molecule has 0 spiro atoms. The van der Waals surface area contributed by atoms with Gasteiger partial charge in [0, 0.05) is 17.5 Å². The van der Waals surface area contributed by atoms with E-state index in [1.165, 1.54) is 10.5 Å². The summed E-state index contributed by atoms with van der Waals surface area (Å²) in [5.74, 6) is 0.0516. The van der Waals surface area contributed by atoms with Gasteiger partial charge in [-0.25, -0.2) is 0 Å². The fourth-order valence-corrected chi connectivity index (χ4v) is 2.59. The highest BCUT2D eigenvalue weighted by molar-refractivity contribution is 7.98. The smallest absolute Gasteiger partial charge is 0.254 e. The van der Waals surface area contributed by atoms with Crippen LogP contribution >= 0.6 is 11.8 Å². The predicted octanol–water partition coefficient (Wildman–Crippen LogP) is 4.55. The molecule has 2 nitrogen and oxygen atoms in total. The number of carbonyl (C=O) groups excluding carboxylic acids is 1. The van der Waals surface area contributed by atoms with Crippen molar-refractivity contribution in [2.75, 3.05) is 13.3 Å². The standard InChI is InChI=1S/C18H21NOS/c1-13-5-7-15(8-6-13)14(2)19(3)18(20)16-9-11-17(21-4)12-10-16/h5-12,14H,1-4H3. The largest absolute Gasteiger partial charge is 0.335 e. The molecule has 0 aliphatic carbocycles. The van der Waals surface area contributed by atoms with E-state index >= 15 is 0 Å². The lowest BCUT2D eigenvalue weighted by molar-refractivity contribution is 0.0742. The fourth-order valence-electron chi connectivity index (χ4n) is 2.18. The van der Waals surface area contributed by atoms with Crippen LogP contribution in [-0.2, 0) is 0 Å². The second-order valence-electron chi connectivity index (χ2n) is 5.23. The van der Waals surface area contributed by atoms with Crippen LogP contribution in [0.15, 0.2) is 53.4 Å². The molecule has 0 N–H and O–H groups in total. The molecule has 0 aliphatic heterocycles. The number of amides is 1. The summed E-state index contributed by atoms with van der Waals surface area (Å²) in [4.78, 5) is 15.5. The van der Waals surface area contributed by atoms with E-state index in [2.05, 4.69) is 38.1 Å². The van der Waals surface area contributed by atoms with Crippen LogP contribution in [0.2, 0.25) is 0 Å². The average molecular weight is 299 g/mol. The molecule has 0 saturated carbocycles. The molecule has 1 unspecified atom stereocenters. The highest BCUT2D eigenvalue weighted by Gasteiger charge is 2.18. The minimum Gasteiger partial charge on any atom is -0.335 e. The summed E-state index contributed by atoms with van der Waals surface area (Å²) in [6.07, 6.45) is 2.03. The summed E-state index contributed by atoms with van der Waals surface area (Å²) >= 11 is 1.68. The first-order chi connectivity index (χ1) is 10.0. The summed E-state index contributed by atoms with van der Waals surface area (Å²) in [6, 6.07) is 16.2. The molecule has 2 rings (SSSR count). The van der Waals surface area contributed by atoms with Gasteiger partial charge in [-0.05, 0) is 49.9 Å². The van der Waals surface area contributed by atoms with Gasteiger partial charge in [0.05, 0.1) is 6.04 Å². The van der Waals surface area contributed by atoms with E-state index in [1.54, 1.807) is 16.7 Å². The van der Waals surface area contributed by atoms with E-state index in [0.29, 0.717) is 0 Å². The van der Waals surface area contributed by atoms with Crippen molar-refractivity contribution in [3.63, 3.8) is 0 Å². The number of thioether (sulfide) groups is 1. The minimum atomic E-state index is 0.0516. The zero-order valence-electron chi connectivity index (χ0n) is 13.0. The van der Waals surface area contributed by atoms with Crippen molar-refractivity contribution in [2.45, 2.75) is 24.8 Å². The number of benzene rings is 2. The molecule has 0 fully saturated rings. The first-order valence-electron chi connectivity index (χ1n) is 7.00. The highest BCUT2D eigenvalue weighted by atomic mass is 32.2. The van der Waals surface area contributed by atoms with E-state index < -0.39 is 0 Å². The van der Waals surface area contributed by atoms with Crippen molar-refractivity contribution in [2.24, 2.45) is 0 Å². The van der Waals surface area contributed by atoms with Crippen molar-refractivity contribution in [3.05, 3.63) is 65.2 Å². The van der Waals surface area contributed by atoms with Gasteiger partial charge in [-0.15, -0.1) is 11.8 Å². The van der Waals surface area contributed by atoms with Gasteiger partial charge < -0.3 is 4.90 Å². The highest BCUT2D eigenvalue weighted by Crippen LogP contribution is 2.22. The van der Waals surface area contributed by atoms with Gasteiger partial charge in [0.1, 0.15) is 0 Å². The first kappa shape index (κ1) is 15.6. The summed E-state index contributed by atoms with van der Waals surface area (Å²) < 4.78 is 0. The Kier molecular flexibility index (Phi) is 5.07. The zero-order valence-corrected chi connectivity index (χ0v) is 13.8. The third-order valence-electron chi connectivity index (χ3n) is 3.80. The second kappa shape index (κ2) is 6.81. The molecule has 1 atom stereocenters. The second-order valence-corrected chi connectivity index (χ2v) is 6.11. The van der Waals surface area contributed by atoms with Gasteiger partial charge in [0.25, 0.3) is 5.91 Å². The first-order valence-corrected chi connectivity index (χ1v) is 8.23. The average Bonchev–Trinajstić information content (AvgIpc) is 2.53. The van der Waals surface area contributed by atoms with Crippen LogP contribution in [0.25, 0.3) is 0 Å². The van der Waals surface area contributed by atoms with Crippen LogP contribution in [0.5, 0.6) is 0 Å². The Balaban J connectivity index is 2.15. The van der Waals surface area contributed by atoms with E-state index in [1.807, 2.05) is 37.6 Å². The van der Waals surface area contributed by atoms with E-state index in [-0.39, 0.29) is 11.9 Å². The van der Waals surface area contributed by atoms with Crippen LogP contribution in [0, 0.1) is 6.92 Å². The number of nitrogens with zero attached hydrogens (tertiary/aromatic N) is 1. The lowest BCUT2D eigenvalue weighted by atomic mass is 10.0. The molecule has 0 saturated heterocycles.